The van der Waals surface area contributed by atoms with Gasteiger partial charge in [0.2, 0.25) is 5.89 Å². The minimum Gasteiger partial charge on any atom is -0.496 e. The van der Waals surface area contributed by atoms with Crippen LogP contribution in [0.25, 0.3) is 11.5 Å². The number of para-hydroxylation sites is 1. The highest BCUT2D eigenvalue weighted by atomic mass is 19.1. The van der Waals surface area contributed by atoms with Gasteiger partial charge in [0.05, 0.1) is 7.11 Å². The van der Waals surface area contributed by atoms with Crippen molar-refractivity contribution in [2.24, 2.45) is 0 Å². The zero-order valence-corrected chi connectivity index (χ0v) is 13.6. The molecule has 25 heavy (non-hydrogen) atoms. The van der Waals surface area contributed by atoms with E-state index in [2.05, 4.69) is 10.2 Å². The van der Waals surface area contributed by atoms with Crippen molar-refractivity contribution in [3.8, 4) is 17.2 Å². The average molecular weight is 342 g/mol. The van der Waals surface area contributed by atoms with Crippen LogP contribution in [0.15, 0.2) is 52.9 Å². The maximum atomic E-state index is 13.0. The molecule has 0 amide bonds. The van der Waals surface area contributed by atoms with Crippen LogP contribution in [0.4, 0.5) is 4.39 Å². The Morgan fingerprint density at radius 2 is 1.84 bits per heavy atom. The number of hydrogen-bond donors (Lipinski definition) is 0. The Balaban J connectivity index is 1.74. The summed E-state index contributed by atoms with van der Waals surface area (Å²) in [6, 6.07) is 12.4. The zero-order valence-electron chi connectivity index (χ0n) is 13.6. The lowest BCUT2D eigenvalue weighted by molar-refractivity contribution is 0.0276. The number of methoxy groups -OCH3 is 1. The number of ether oxygens (including phenoxy) is 2. The minimum absolute atomic E-state index is 0.141. The molecule has 0 spiro atoms. The smallest absolute Gasteiger partial charge is 0.342 e. The Kier molecular flexibility index (Phi) is 4.74. The van der Waals surface area contributed by atoms with E-state index >= 15 is 0 Å². The van der Waals surface area contributed by atoms with Crippen molar-refractivity contribution in [2.45, 2.75) is 13.0 Å². The first-order chi connectivity index (χ1) is 12.1. The first kappa shape index (κ1) is 16.6. The predicted molar refractivity (Wildman–Crippen MR) is 86.5 cm³/mol. The topological polar surface area (TPSA) is 74.5 Å². The maximum Gasteiger partial charge on any atom is 0.342 e. The Morgan fingerprint density at radius 1 is 1.12 bits per heavy atom. The Labute approximate surface area is 143 Å². The first-order valence-corrected chi connectivity index (χ1v) is 7.52. The summed E-state index contributed by atoms with van der Waals surface area (Å²) in [4.78, 5) is 12.3. The van der Waals surface area contributed by atoms with E-state index in [0.29, 0.717) is 16.9 Å². The van der Waals surface area contributed by atoms with E-state index in [1.807, 2.05) is 0 Å². The van der Waals surface area contributed by atoms with Gasteiger partial charge < -0.3 is 13.9 Å². The SMILES string of the molecule is COc1ccccc1C(=O)O[C@H](C)c1nnc(-c2ccc(F)cc2)o1. The van der Waals surface area contributed by atoms with Crippen LogP contribution in [0.2, 0.25) is 0 Å². The Bertz CT molecular complexity index is 877. The second-order valence-electron chi connectivity index (χ2n) is 5.20. The lowest BCUT2D eigenvalue weighted by atomic mass is 10.2. The number of carbonyl (C=O) groups is 1. The summed E-state index contributed by atoms with van der Waals surface area (Å²) in [5.74, 6) is -0.149. The number of rotatable bonds is 5. The summed E-state index contributed by atoms with van der Waals surface area (Å²) < 4.78 is 29.0. The van der Waals surface area contributed by atoms with E-state index in [9.17, 15) is 9.18 Å². The second kappa shape index (κ2) is 7.12. The Hall–Kier alpha value is -3.22. The van der Waals surface area contributed by atoms with Gasteiger partial charge in [-0.05, 0) is 43.3 Å². The second-order valence-corrected chi connectivity index (χ2v) is 5.20. The number of nitrogens with zero attached hydrogens (tertiary/aromatic N) is 2. The van der Waals surface area contributed by atoms with E-state index in [4.69, 9.17) is 13.9 Å². The molecule has 0 fully saturated rings. The van der Waals surface area contributed by atoms with E-state index in [1.165, 1.54) is 31.4 Å². The zero-order chi connectivity index (χ0) is 17.8. The van der Waals surface area contributed by atoms with Crippen LogP contribution in [0.1, 0.15) is 29.3 Å². The molecule has 0 radical (unpaired) electrons. The average Bonchev–Trinajstić information content (AvgIpc) is 3.12. The van der Waals surface area contributed by atoms with Crippen molar-refractivity contribution in [1.29, 1.82) is 0 Å². The summed E-state index contributed by atoms with van der Waals surface area (Å²) in [5.41, 5.74) is 0.874. The van der Waals surface area contributed by atoms with Crippen LogP contribution in [0.5, 0.6) is 5.75 Å². The van der Waals surface area contributed by atoms with Crippen LogP contribution in [-0.2, 0) is 4.74 Å². The molecule has 7 heteroatoms. The van der Waals surface area contributed by atoms with Crippen molar-refractivity contribution < 1.29 is 23.1 Å². The van der Waals surface area contributed by atoms with Gasteiger partial charge in [-0.3, -0.25) is 0 Å². The molecule has 0 bridgehead atoms. The number of esters is 1. The monoisotopic (exact) mass is 342 g/mol. The summed E-state index contributed by atoms with van der Waals surface area (Å²) >= 11 is 0. The number of aromatic nitrogens is 2. The fourth-order valence-corrected chi connectivity index (χ4v) is 2.20. The van der Waals surface area contributed by atoms with Crippen molar-refractivity contribution in [3.05, 3.63) is 65.8 Å². The number of carbonyl (C=O) groups excluding carboxylic acids is 1. The highest BCUT2D eigenvalue weighted by molar-refractivity contribution is 5.92. The van der Waals surface area contributed by atoms with Crippen molar-refractivity contribution in [3.63, 3.8) is 0 Å². The van der Waals surface area contributed by atoms with Gasteiger partial charge in [-0.15, -0.1) is 10.2 Å². The molecule has 1 atom stereocenters. The quantitative estimate of drug-likeness (QED) is 0.657. The van der Waals surface area contributed by atoms with Crippen LogP contribution in [0.3, 0.4) is 0 Å². The first-order valence-electron chi connectivity index (χ1n) is 7.52. The summed E-state index contributed by atoms with van der Waals surface area (Å²) in [5, 5.41) is 7.78. The van der Waals surface area contributed by atoms with Gasteiger partial charge in [0.25, 0.3) is 5.89 Å². The molecule has 1 aromatic heterocycles. The van der Waals surface area contributed by atoms with Gasteiger partial charge in [0.1, 0.15) is 17.1 Å². The van der Waals surface area contributed by atoms with Crippen LogP contribution < -0.4 is 4.74 Å². The van der Waals surface area contributed by atoms with Gasteiger partial charge in [0.15, 0.2) is 6.10 Å². The highest BCUT2D eigenvalue weighted by Gasteiger charge is 2.21. The van der Waals surface area contributed by atoms with Crippen molar-refractivity contribution >= 4 is 5.97 Å². The third-order valence-corrected chi connectivity index (χ3v) is 3.49. The third kappa shape index (κ3) is 3.65. The molecule has 0 saturated carbocycles. The third-order valence-electron chi connectivity index (χ3n) is 3.49. The lowest BCUT2D eigenvalue weighted by Gasteiger charge is -2.11. The number of benzene rings is 2. The molecule has 0 aliphatic carbocycles. The molecule has 128 valence electrons. The molecule has 2 aromatic carbocycles. The van der Waals surface area contributed by atoms with Crippen molar-refractivity contribution in [1.82, 2.24) is 10.2 Å². The summed E-state index contributed by atoms with van der Waals surface area (Å²) in [6.07, 6.45) is -0.751. The van der Waals surface area contributed by atoms with Crippen LogP contribution in [0, 0.1) is 5.82 Å². The molecule has 1 heterocycles. The summed E-state index contributed by atoms with van der Waals surface area (Å²) in [7, 11) is 1.47. The van der Waals surface area contributed by atoms with Crippen LogP contribution >= 0.6 is 0 Å². The van der Waals surface area contributed by atoms with Gasteiger partial charge in [-0.25, -0.2) is 9.18 Å². The van der Waals surface area contributed by atoms with Gasteiger partial charge in [-0.1, -0.05) is 12.1 Å². The standard InChI is InChI=1S/C18H15FN2O4/c1-11(24-18(22)14-5-3-4-6-15(14)23-2)16-20-21-17(25-16)12-7-9-13(19)10-8-12/h3-11H,1-2H3/t11-/m1/s1. The van der Waals surface area contributed by atoms with E-state index in [-0.39, 0.29) is 17.6 Å². The molecule has 6 nitrogen and oxygen atoms in total. The molecule has 0 saturated heterocycles. The molecule has 3 rings (SSSR count). The molecular formula is C18H15FN2O4. The normalized spacial score (nSPS) is 11.8. The fraction of sp³-hybridized carbons (Fsp3) is 0.167. The molecule has 0 aliphatic heterocycles. The molecular weight excluding hydrogens is 327 g/mol. The molecule has 0 N–H and O–H groups in total. The van der Waals surface area contributed by atoms with Gasteiger partial charge in [0, 0.05) is 5.56 Å². The lowest BCUT2D eigenvalue weighted by Crippen LogP contribution is -2.10. The fourth-order valence-electron chi connectivity index (χ4n) is 2.20. The highest BCUT2D eigenvalue weighted by Crippen LogP contribution is 2.25. The molecule has 0 unspecified atom stereocenters. The molecule has 3 aromatic rings. The van der Waals surface area contributed by atoms with E-state index in [1.54, 1.807) is 31.2 Å². The Morgan fingerprint density at radius 3 is 2.56 bits per heavy atom. The minimum atomic E-state index is -0.751. The number of hydrogen-bond acceptors (Lipinski definition) is 6. The summed E-state index contributed by atoms with van der Waals surface area (Å²) in [6.45, 7) is 1.62. The predicted octanol–water partition coefficient (Wildman–Crippen LogP) is 3.80. The van der Waals surface area contributed by atoms with Crippen LogP contribution in [-0.4, -0.2) is 23.3 Å². The van der Waals surface area contributed by atoms with Crippen molar-refractivity contribution in [2.75, 3.05) is 7.11 Å². The largest absolute Gasteiger partial charge is 0.496 e. The van der Waals surface area contributed by atoms with E-state index in [0.717, 1.165) is 0 Å². The maximum absolute atomic E-state index is 13.0. The van der Waals surface area contributed by atoms with Gasteiger partial charge in [-0.2, -0.15) is 0 Å². The molecule has 0 aliphatic rings. The van der Waals surface area contributed by atoms with E-state index < -0.39 is 12.1 Å². The number of halogens is 1. The van der Waals surface area contributed by atoms with Gasteiger partial charge >= 0.3 is 5.97 Å².